The summed E-state index contributed by atoms with van der Waals surface area (Å²) in [5.74, 6) is -0.273. The molecule has 94 valence electrons. The molecule has 0 fully saturated rings. The molecule has 0 saturated heterocycles. The minimum Gasteiger partial charge on any atom is -0.394 e. The number of amides is 1. The molecule has 0 aliphatic carbocycles. The smallest absolute Gasteiger partial charge is 0.237 e. The minimum absolute atomic E-state index is 0.273. The van der Waals surface area contributed by atoms with Crippen LogP contribution in [0.5, 0.6) is 0 Å². The first-order valence-electron chi connectivity index (χ1n) is 5.43. The van der Waals surface area contributed by atoms with Crippen molar-refractivity contribution in [2.75, 3.05) is 20.2 Å². The fourth-order valence-corrected chi connectivity index (χ4v) is 1.31. The SMILES string of the molecule is CN[C@@H](CCCCN)C(=O)N[C@H](C=O)CO. The van der Waals surface area contributed by atoms with E-state index in [1.54, 1.807) is 7.05 Å². The van der Waals surface area contributed by atoms with E-state index in [0.717, 1.165) is 12.8 Å². The molecular weight excluding hydrogens is 210 g/mol. The van der Waals surface area contributed by atoms with Crippen molar-refractivity contribution < 1.29 is 14.7 Å². The van der Waals surface area contributed by atoms with Crippen molar-refractivity contribution in [3.05, 3.63) is 0 Å². The van der Waals surface area contributed by atoms with Crippen LogP contribution in [-0.2, 0) is 9.59 Å². The maximum absolute atomic E-state index is 11.6. The number of aldehydes is 1. The highest BCUT2D eigenvalue weighted by atomic mass is 16.3. The summed E-state index contributed by atoms with van der Waals surface area (Å²) in [6, 6.07) is -1.17. The third kappa shape index (κ3) is 5.79. The van der Waals surface area contributed by atoms with Gasteiger partial charge in [0.25, 0.3) is 0 Å². The van der Waals surface area contributed by atoms with Gasteiger partial charge in [-0.1, -0.05) is 6.42 Å². The molecule has 0 saturated carbocycles. The average Bonchev–Trinajstić information content (AvgIpc) is 2.31. The fourth-order valence-electron chi connectivity index (χ4n) is 1.31. The molecule has 0 aliphatic rings. The Kier molecular flexibility index (Phi) is 8.69. The number of carbonyl (C=O) groups excluding carboxylic acids is 2. The molecule has 0 bridgehead atoms. The van der Waals surface area contributed by atoms with E-state index in [-0.39, 0.29) is 18.6 Å². The molecule has 6 heteroatoms. The highest BCUT2D eigenvalue weighted by molar-refractivity contribution is 5.84. The summed E-state index contributed by atoms with van der Waals surface area (Å²) in [6.07, 6.45) is 2.89. The van der Waals surface area contributed by atoms with Gasteiger partial charge in [-0.2, -0.15) is 0 Å². The first kappa shape index (κ1) is 15.0. The van der Waals surface area contributed by atoms with Gasteiger partial charge in [0, 0.05) is 0 Å². The number of aliphatic hydroxyl groups is 1. The van der Waals surface area contributed by atoms with Gasteiger partial charge in [-0.05, 0) is 26.4 Å². The standard InChI is InChI=1S/C10H21N3O3/c1-12-9(4-2-3-5-11)10(16)13-8(6-14)7-15/h6,8-9,12,15H,2-5,7,11H2,1H3,(H,13,16)/t8-,9+/m1/s1. The lowest BCUT2D eigenvalue weighted by molar-refractivity contribution is -0.126. The van der Waals surface area contributed by atoms with Crippen LogP contribution in [0.3, 0.4) is 0 Å². The molecule has 0 radical (unpaired) electrons. The van der Waals surface area contributed by atoms with Crippen molar-refractivity contribution in [1.82, 2.24) is 10.6 Å². The summed E-state index contributed by atoms with van der Waals surface area (Å²) in [7, 11) is 1.68. The van der Waals surface area contributed by atoms with Crippen molar-refractivity contribution in [1.29, 1.82) is 0 Å². The van der Waals surface area contributed by atoms with Crippen LogP contribution in [0.15, 0.2) is 0 Å². The molecule has 6 nitrogen and oxygen atoms in total. The first-order chi connectivity index (χ1) is 7.69. The molecule has 0 spiro atoms. The minimum atomic E-state index is -0.821. The molecule has 0 aromatic rings. The second-order valence-electron chi connectivity index (χ2n) is 3.56. The monoisotopic (exact) mass is 231 g/mol. The maximum atomic E-state index is 11.6. The number of aliphatic hydroxyl groups excluding tert-OH is 1. The molecule has 16 heavy (non-hydrogen) atoms. The van der Waals surface area contributed by atoms with E-state index in [0.29, 0.717) is 19.3 Å². The normalized spacial score (nSPS) is 14.2. The molecule has 0 unspecified atom stereocenters. The van der Waals surface area contributed by atoms with Gasteiger partial charge in [-0.15, -0.1) is 0 Å². The van der Waals surface area contributed by atoms with Crippen LogP contribution < -0.4 is 16.4 Å². The quantitative estimate of drug-likeness (QED) is 0.282. The van der Waals surface area contributed by atoms with E-state index in [2.05, 4.69) is 10.6 Å². The summed E-state index contributed by atoms with van der Waals surface area (Å²) in [5, 5.41) is 14.1. The van der Waals surface area contributed by atoms with E-state index in [1.165, 1.54) is 0 Å². The van der Waals surface area contributed by atoms with Crippen LogP contribution in [0.1, 0.15) is 19.3 Å². The number of carbonyl (C=O) groups is 2. The number of hydrogen-bond acceptors (Lipinski definition) is 5. The topological polar surface area (TPSA) is 104 Å². The third-order valence-corrected chi connectivity index (χ3v) is 2.30. The van der Waals surface area contributed by atoms with Gasteiger partial charge in [0.15, 0.2) is 0 Å². The molecule has 0 aromatic carbocycles. The Hall–Kier alpha value is -0.980. The van der Waals surface area contributed by atoms with Crippen molar-refractivity contribution in [3.8, 4) is 0 Å². The zero-order valence-electron chi connectivity index (χ0n) is 9.61. The van der Waals surface area contributed by atoms with Crippen LogP contribution in [0, 0.1) is 0 Å². The van der Waals surface area contributed by atoms with E-state index in [1.807, 2.05) is 0 Å². The van der Waals surface area contributed by atoms with E-state index >= 15 is 0 Å². The van der Waals surface area contributed by atoms with Crippen LogP contribution in [-0.4, -0.2) is 49.6 Å². The molecule has 1 amide bonds. The summed E-state index contributed by atoms with van der Waals surface area (Å²) in [5.41, 5.74) is 5.36. The zero-order valence-corrected chi connectivity index (χ0v) is 9.61. The highest BCUT2D eigenvalue weighted by Gasteiger charge is 2.18. The number of nitrogens with one attached hydrogen (secondary N) is 2. The van der Waals surface area contributed by atoms with Gasteiger partial charge in [0.1, 0.15) is 12.3 Å². The van der Waals surface area contributed by atoms with E-state index < -0.39 is 6.04 Å². The summed E-state index contributed by atoms with van der Waals surface area (Å²) in [6.45, 7) is 0.222. The van der Waals surface area contributed by atoms with Crippen molar-refractivity contribution >= 4 is 12.2 Å². The van der Waals surface area contributed by atoms with Gasteiger partial charge in [0.2, 0.25) is 5.91 Å². The molecule has 0 heterocycles. The Morgan fingerprint density at radius 1 is 1.50 bits per heavy atom. The van der Waals surface area contributed by atoms with Gasteiger partial charge < -0.3 is 26.3 Å². The van der Waals surface area contributed by atoms with E-state index in [9.17, 15) is 9.59 Å². The van der Waals surface area contributed by atoms with Crippen LogP contribution >= 0.6 is 0 Å². The lowest BCUT2D eigenvalue weighted by Crippen LogP contribution is -2.48. The number of rotatable bonds is 9. The molecule has 0 aromatic heterocycles. The molecule has 0 aliphatic heterocycles. The van der Waals surface area contributed by atoms with Crippen LogP contribution in [0.4, 0.5) is 0 Å². The van der Waals surface area contributed by atoms with Gasteiger partial charge >= 0.3 is 0 Å². The Balaban J connectivity index is 4.03. The molecule has 2 atom stereocenters. The Morgan fingerprint density at radius 3 is 2.62 bits per heavy atom. The summed E-state index contributed by atoms with van der Waals surface area (Å²) in [4.78, 5) is 22.1. The number of unbranched alkanes of at least 4 members (excludes halogenated alkanes) is 1. The van der Waals surface area contributed by atoms with Gasteiger partial charge in [-0.25, -0.2) is 0 Å². The average molecular weight is 231 g/mol. The second-order valence-corrected chi connectivity index (χ2v) is 3.56. The molecular formula is C10H21N3O3. The van der Waals surface area contributed by atoms with Gasteiger partial charge in [0.05, 0.1) is 12.6 Å². The van der Waals surface area contributed by atoms with Gasteiger partial charge in [-0.3, -0.25) is 4.79 Å². The number of likely N-dealkylation sites (N-methyl/N-ethyl adjacent to an activating group) is 1. The Labute approximate surface area is 95.6 Å². The molecule has 5 N–H and O–H groups in total. The van der Waals surface area contributed by atoms with Crippen LogP contribution in [0.2, 0.25) is 0 Å². The van der Waals surface area contributed by atoms with Crippen molar-refractivity contribution in [2.45, 2.75) is 31.3 Å². The molecule has 0 rings (SSSR count). The van der Waals surface area contributed by atoms with E-state index in [4.69, 9.17) is 10.8 Å². The fraction of sp³-hybridized carbons (Fsp3) is 0.800. The third-order valence-electron chi connectivity index (χ3n) is 2.30. The Bertz CT molecular complexity index is 211. The predicted octanol–water partition coefficient (Wildman–Crippen LogP) is -1.62. The maximum Gasteiger partial charge on any atom is 0.237 e. The zero-order chi connectivity index (χ0) is 12.4. The lowest BCUT2D eigenvalue weighted by atomic mass is 10.1. The summed E-state index contributed by atoms with van der Waals surface area (Å²) >= 11 is 0. The van der Waals surface area contributed by atoms with Crippen molar-refractivity contribution in [2.24, 2.45) is 5.73 Å². The number of hydrogen-bond donors (Lipinski definition) is 4. The Morgan fingerprint density at radius 2 is 2.19 bits per heavy atom. The first-order valence-corrected chi connectivity index (χ1v) is 5.43. The summed E-state index contributed by atoms with van der Waals surface area (Å²) < 4.78 is 0. The highest BCUT2D eigenvalue weighted by Crippen LogP contribution is 2.00. The predicted molar refractivity (Wildman–Crippen MR) is 60.8 cm³/mol. The van der Waals surface area contributed by atoms with Crippen LogP contribution in [0.25, 0.3) is 0 Å². The van der Waals surface area contributed by atoms with Crippen molar-refractivity contribution in [3.63, 3.8) is 0 Å². The largest absolute Gasteiger partial charge is 0.394 e. The lowest BCUT2D eigenvalue weighted by Gasteiger charge is -2.17. The second kappa shape index (κ2) is 9.26. The number of nitrogens with two attached hydrogens (primary N) is 1.